The average molecular weight is 300 g/mol. The lowest BCUT2D eigenvalue weighted by Crippen LogP contribution is -2.26. The Bertz CT molecular complexity index is 783. The predicted octanol–water partition coefficient (Wildman–Crippen LogP) is 3.71. The van der Waals surface area contributed by atoms with E-state index in [9.17, 15) is 4.79 Å². The van der Waals surface area contributed by atoms with Crippen molar-refractivity contribution in [2.75, 3.05) is 0 Å². The van der Waals surface area contributed by atoms with Crippen LogP contribution < -0.4 is 5.32 Å². The molecule has 5 heteroatoms. The predicted molar refractivity (Wildman–Crippen MR) is 83.4 cm³/mol. The Morgan fingerprint density at radius 1 is 1.24 bits per heavy atom. The smallest absolute Gasteiger partial charge is 0.251 e. The van der Waals surface area contributed by atoms with Crippen molar-refractivity contribution in [1.82, 2.24) is 15.3 Å². The van der Waals surface area contributed by atoms with Crippen LogP contribution >= 0.6 is 11.6 Å². The number of benzene rings is 2. The molecule has 0 radical (unpaired) electrons. The zero-order valence-electron chi connectivity index (χ0n) is 11.4. The standard InChI is InChI=1S/C16H14ClN3O/c1-10(11-5-3-2-4-6-11)18-15(21)12-7-8-13-14(9-12)20-16(17)19-13/h2-10H,1H3,(H,18,21)(H,19,20)/t10-/m1/s1. The van der Waals surface area contributed by atoms with Gasteiger partial charge in [-0.05, 0) is 42.3 Å². The van der Waals surface area contributed by atoms with Crippen molar-refractivity contribution < 1.29 is 4.79 Å². The number of hydrogen-bond acceptors (Lipinski definition) is 2. The summed E-state index contributed by atoms with van der Waals surface area (Å²) in [5.41, 5.74) is 3.13. The van der Waals surface area contributed by atoms with E-state index in [0.29, 0.717) is 10.8 Å². The Labute approximate surface area is 127 Å². The van der Waals surface area contributed by atoms with Crippen molar-refractivity contribution in [3.8, 4) is 0 Å². The lowest BCUT2D eigenvalue weighted by atomic mass is 10.1. The third-order valence-corrected chi connectivity index (χ3v) is 3.54. The molecule has 2 N–H and O–H groups in total. The van der Waals surface area contributed by atoms with Crippen molar-refractivity contribution in [3.63, 3.8) is 0 Å². The first kappa shape index (κ1) is 13.6. The summed E-state index contributed by atoms with van der Waals surface area (Å²) in [6.45, 7) is 1.96. The van der Waals surface area contributed by atoms with Gasteiger partial charge in [-0.15, -0.1) is 0 Å². The third kappa shape index (κ3) is 2.90. The highest BCUT2D eigenvalue weighted by Gasteiger charge is 2.12. The molecule has 0 aliphatic heterocycles. The van der Waals surface area contributed by atoms with E-state index >= 15 is 0 Å². The lowest BCUT2D eigenvalue weighted by molar-refractivity contribution is 0.0940. The van der Waals surface area contributed by atoms with E-state index in [4.69, 9.17) is 11.6 Å². The van der Waals surface area contributed by atoms with E-state index in [1.54, 1.807) is 18.2 Å². The van der Waals surface area contributed by atoms with Crippen molar-refractivity contribution in [2.45, 2.75) is 13.0 Å². The Balaban J connectivity index is 1.80. The summed E-state index contributed by atoms with van der Waals surface area (Å²) < 4.78 is 0. The number of carbonyl (C=O) groups is 1. The van der Waals surface area contributed by atoms with Gasteiger partial charge in [0.2, 0.25) is 5.28 Å². The molecule has 0 saturated carbocycles. The van der Waals surface area contributed by atoms with Crippen LogP contribution in [0.3, 0.4) is 0 Å². The average Bonchev–Trinajstić information content (AvgIpc) is 2.87. The van der Waals surface area contributed by atoms with Crippen molar-refractivity contribution in [3.05, 3.63) is 64.9 Å². The van der Waals surface area contributed by atoms with Crippen molar-refractivity contribution in [1.29, 1.82) is 0 Å². The van der Waals surface area contributed by atoms with Gasteiger partial charge in [0.05, 0.1) is 17.1 Å². The quantitative estimate of drug-likeness (QED) is 0.774. The molecule has 0 spiro atoms. The van der Waals surface area contributed by atoms with Crippen molar-refractivity contribution >= 4 is 28.5 Å². The number of rotatable bonds is 3. The van der Waals surface area contributed by atoms with Crippen LogP contribution in [0.15, 0.2) is 48.5 Å². The number of carbonyl (C=O) groups excluding carboxylic acids is 1. The van der Waals surface area contributed by atoms with Gasteiger partial charge in [-0.3, -0.25) is 4.79 Å². The molecule has 21 heavy (non-hydrogen) atoms. The van der Waals surface area contributed by atoms with Gasteiger partial charge in [-0.2, -0.15) is 0 Å². The van der Waals surface area contributed by atoms with Gasteiger partial charge in [-0.25, -0.2) is 4.98 Å². The minimum Gasteiger partial charge on any atom is -0.346 e. The fraction of sp³-hybridized carbons (Fsp3) is 0.125. The van der Waals surface area contributed by atoms with E-state index in [2.05, 4.69) is 15.3 Å². The zero-order chi connectivity index (χ0) is 14.8. The largest absolute Gasteiger partial charge is 0.346 e. The maximum absolute atomic E-state index is 12.3. The number of nitrogens with one attached hydrogen (secondary N) is 2. The minimum atomic E-state index is -0.126. The van der Waals surface area contributed by atoms with Crippen LogP contribution in [0.5, 0.6) is 0 Å². The third-order valence-electron chi connectivity index (χ3n) is 3.36. The zero-order valence-corrected chi connectivity index (χ0v) is 12.2. The van der Waals surface area contributed by atoms with Crippen molar-refractivity contribution in [2.24, 2.45) is 0 Å². The summed E-state index contributed by atoms with van der Waals surface area (Å²) >= 11 is 5.81. The van der Waals surface area contributed by atoms with E-state index in [1.807, 2.05) is 37.3 Å². The number of hydrogen-bond donors (Lipinski definition) is 2. The Morgan fingerprint density at radius 2 is 2.00 bits per heavy atom. The summed E-state index contributed by atoms with van der Waals surface area (Å²) in [5.74, 6) is -0.126. The highest BCUT2D eigenvalue weighted by molar-refractivity contribution is 6.29. The van der Waals surface area contributed by atoms with Crippen LogP contribution in [0.25, 0.3) is 11.0 Å². The number of imidazole rings is 1. The van der Waals surface area contributed by atoms with Crippen LogP contribution in [-0.2, 0) is 0 Å². The highest BCUT2D eigenvalue weighted by Crippen LogP contribution is 2.17. The number of aromatic amines is 1. The molecule has 1 amide bonds. The highest BCUT2D eigenvalue weighted by atomic mass is 35.5. The van der Waals surface area contributed by atoms with Gasteiger partial charge in [0.15, 0.2) is 0 Å². The molecule has 0 bridgehead atoms. The Morgan fingerprint density at radius 3 is 2.76 bits per heavy atom. The maximum atomic E-state index is 12.3. The number of halogens is 1. The number of H-pyrrole nitrogens is 1. The molecule has 1 aromatic heterocycles. The first-order chi connectivity index (χ1) is 10.1. The lowest BCUT2D eigenvalue weighted by Gasteiger charge is -2.14. The van der Waals surface area contributed by atoms with Gasteiger partial charge < -0.3 is 10.3 Å². The van der Waals surface area contributed by atoms with Gasteiger partial charge >= 0.3 is 0 Å². The van der Waals surface area contributed by atoms with E-state index in [1.165, 1.54) is 0 Å². The summed E-state index contributed by atoms with van der Waals surface area (Å²) in [6.07, 6.45) is 0. The molecule has 0 aliphatic carbocycles. The fourth-order valence-electron chi connectivity index (χ4n) is 2.22. The van der Waals surface area contributed by atoms with E-state index in [0.717, 1.165) is 16.6 Å². The molecule has 3 rings (SSSR count). The van der Waals surface area contributed by atoms with Crippen LogP contribution in [0.4, 0.5) is 0 Å². The van der Waals surface area contributed by atoms with Gasteiger partial charge in [-0.1, -0.05) is 30.3 Å². The molecule has 0 saturated heterocycles. The number of amides is 1. The molecular formula is C16H14ClN3O. The molecule has 0 fully saturated rings. The van der Waals surface area contributed by atoms with Gasteiger partial charge in [0, 0.05) is 5.56 Å². The Kier molecular flexibility index (Phi) is 3.62. The van der Waals surface area contributed by atoms with Crippen LogP contribution in [0, 0.1) is 0 Å². The molecule has 0 aliphatic rings. The van der Waals surface area contributed by atoms with Crippen LogP contribution in [0.2, 0.25) is 5.28 Å². The summed E-state index contributed by atoms with van der Waals surface area (Å²) in [7, 11) is 0. The fourth-order valence-corrected chi connectivity index (χ4v) is 2.42. The number of aromatic nitrogens is 2. The first-order valence-corrected chi connectivity index (χ1v) is 7.02. The summed E-state index contributed by atoms with van der Waals surface area (Å²) in [5, 5.41) is 3.30. The summed E-state index contributed by atoms with van der Waals surface area (Å²) in [6, 6.07) is 15.1. The number of fused-ring (bicyclic) bond motifs is 1. The molecule has 1 atom stereocenters. The molecular weight excluding hydrogens is 286 g/mol. The Hall–Kier alpha value is -2.33. The number of nitrogens with zero attached hydrogens (tertiary/aromatic N) is 1. The molecule has 3 aromatic rings. The second-order valence-corrected chi connectivity index (χ2v) is 5.22. The summed E-state index contributed by atoms with van der Waals surface area (Å²) in [4.78, 5) is 19.3. The van der Waals surface area contributed by atoms with Gasteiger partial charge in [0.1, 0.15) is 0 Å². The van der Waals surface area contributed by atoms with E-state index < -0.39 is 0 Å². The maximum Gasteiger partial charge on any atom is 0.251 e. The molecule has 4 nitrogen and oxygen atoms in total. The topological polar surface area (TPSA) is 57.8 Å². The second-order valence-electron chi connectivity index (χ2n) is 4.87. The molecule has 0 unspecified atom stereocenters. The minimum absolute atomic E-state index is 0.0558. The SMILES string of the molecule is C[C@@H](NC(=O)c1ccc2nc(Cl)[nH]c2c1)c1ccccc1. The van der Waals surface area contributed by atoms with Crippen LogP contribution in [-0.4, -0.2) is 15.9 Å². The molecule has 1 heterocycles. The molecule has 2 aromatic carbocycles. The van der Waals surface area contributed by atoms with Crippen LogP contribution in [0.1, 0.15) is 28.9 Å². The molecule has 106 valence electrons. The van der Waals surface area contributed by atoms with E-state index in [-0.39, 0.29) is 11.9 Å². The van der Waals surface area contributed by atoms with Gasteiger partial charge in [0.25, 0.3) is 5.91 Å². The normalized spacial score (nSPS) is 12.3. The monoisotopic (exact) mass is 299 g/mol. The second kappa shape index (κ2) is 5.58. The first-order valence-electron chi connectivity index (χ1n) is 6.64.